The van der Waals surface area contributed by atoms with Crippen molar-refractivity contribution in [3.05, 3.63) is 23.8 Å². The molecule has 5 nitrogen and oxygen atoms in total. The number of rotatable bonds is 6. The van der Waals surface area contributed by atoms with E-state index in [4.69, 9.17) is 15.2 Å². The molecule has 1 saturated heterocycles. The van der Waals surface area contributed by atoms with Crippen LogP contribution in [0.4, 0.5) is 0 Å². The van der Waals surface area contributed by atoms with Gasteiger partial charge in [-0.1, -0.05) is 0 Å². The van der Waals surface area contributed by atoms with E-state index in [9.17, 15) is 4.79 Å². The van der Waals surface area contributed by atoms with Crippen LogP contribution in [-0.4, -0.2) is 32.7 Å². The van der Waals surface area contributed by atoms with Crippen LogP contribution in [0.25, 0.3) is 0 Å². The van der Waals surface area contributed by atoms with Gasteiger partial charge in [-0.2, -0.15) is 0 Å². The molecule has 1 aromatic carbocycles. The monoisotopic (exact) mass is 278 g/mol. The number of carbonyl (C=O) groups is 1. The van der Waals surface area contributed by atoms with Crippen molar-refractivity contribution < 1.29 is 14.3 Å². The number of carbonyl (C=O) groups excluding carboxylic acids is 1. The van der Waals surface area contributed by atoms with Gasteiger partial charge in [-0.3, -0.25) is 4.79 Å². The fourth-order valence-corrected chi connectivity index (χ4v) is 2.45. The first-order valence-corrected chi connectivity index (χ1v) is 7.02. The highest BCUT2D eigenvalue weighted by atomic mass is 16.5. The fraction of sp³-hybridized carbons (Fsp3) is 0.533. The van der Waals surface area contributed by atoms with Crippen LogP contribution in [0.5, 0.6) is 11.5 Å². The lowest BCUT2D eigenvalue weighted by Crippen LogP contribution is -2.28. The van der Waals surface area contributed by atoms with Crippen LogP contribution < -0.4 is 20.5 Å². The van der Waals surface area contributed by atoms with Gasteiger partial charge in [0, 0.05) is 5.56 Å². The minimum absolute atomic E-state index is 0.424. The van der Waals surface area contributed by atoms with Crippen LogP contribution in [0, 0.1) is 5.92 Å². The Kier molecular flexibility index (Phi) is 5.24. The maximum atomic E-state index is 11.1. The first-order chi connectivity index (χ1) is 9.70. The summed E-state index contributed by atoms with van der Waals surface area (Å²) in [6.45, 7) is 2.86. The van der Waals surface area contributed by atoms with E-state index in [2.05, 4.69) is 5.32 Å². The van der Waals surface area contributed by atoms with Crippen molar-refractivity contribution in [1.29, 1.82) is 0 Å². The summed E-state index contributed by atoms with van der Waals surface area (Å²) in [4.78, 5) is 11.1. The Balaban J connectivity index is 1.89. The lowest BCUT2D eigenvalue weighted by molar-refractivity contribution is 0.1000. The van der Waals surface area contributed by atoms with E-state index in [-0.39, 0.29) is 0 Å². The normalized spacial score (nSPS) is 15.8. The van der Waals surface area contributed by atoms with Gasteiger partial charge in [0.05, 0.1) is 13.7 Å². The molecule has 1 aliphatic rings. The molecule has 1 aromatic rings. The molecule has 0 radical (unpaired) electrons. The van der Waals surface area contributed by atoms with Crippen LogP contribution in [0.1, 0.15) is 29.6 Å². The lowest BCUT2D eigenvalue weighted by atomic mass is 9.95. The number of nitrogens with one attached hydrogen (secondary N) is 1. The van der Waals surface area contributed by atoms with Crippen molar-refractivity contribution in [1.82, 2.24) is 5.32 Å². The van der Waals surface area contributed by atoms with Crippen LogP contribution in [0.15, 0.2) is 18.2 Å². The number of methoxy groups -OCH3 is 1. The van der Waals surface area contributed by atoms with Crippen LogP contribution >= 0.6 is 0 Å². The van der Waals surface area contributed by atoms with Gasteiger partial charge in [-0.15, -0.1) is 0 Å². The van der Waals surface area contributed by atoms with Crippen molar-refractivity contribution in [2.24, 2.45) is 11.7 Å². The Morgan fingerprint density at radius 2 is 2.10 bits per heavy atom. The molecule has 110 valence electrons. The second kappa shape index (κ2) is 7.14. The maximum Gasteiger partial charge on any atom is 0.248 e. The highest BCUT2D eigenvalue weighted by Gasteiger charge is 2.14. The minimum Gasteiger partial charge on any atom is -0.493 e. The zero-order chi connectivity index (χ0) is 14.4. The van der Waals surface area contributed by atoms with Gasteiger partial charge >= 0.3 is 0 Å². The molecule has 20 heavy (non-hydrogen) atoms. The van der Waals surface area contributed by atoms with E-state index in [0.717, 1.165) is 25.4 Å². The third-order valence-electron chi connectivity index (χ3n) is 3.69. The third-order valence-corrected chi connectivity index (χ3v) is 3.69. The van der Waals surface area contributed by atoms with E-state index in [1.165, 1.54) is 12.8 Å². The Labute approximate surface area is 119 Å². The molecule has 5 heteroatoms. The maximum absolute atomic E-state index is 11.1. The van der Waals surface area contributed by atoms with E-state index >= 15 is 0 Å². The first kappa shape index (κ1) is 14.7. The number of hydrogen-bond donors (Lipinski definition) is 2. The SMILES string of the molecule is COc1cc(C(N)=O)ccc1OCCC1CCNCC1. The van der Waals surface area contributed by atoms with Crippen molar-refractivity contribution >= 4 is 5.91 Å². The van der Waals surface area contributed by atoms with Crippen LogP contribution in [0.3, 0.4) is 0 Å². The summed E-state index contributed by atoms with van der Waals surface area (Å²) in [6, 6.07) is 5.01. The molecule has 1 heterocycles. The van der Waals surface area contributed by atoms with Gasteiger partial charge < -0.3 is 20.5 Å². The molecule has 0 aromatic heterocycles. The number of benzene rings is 1. The highest BCUT2D eigenvalue weighted by molar-refractivity contribution is 5.93. The quantitative estimate of drug-likeness (QED) is 0.828. The molecule has 1 aliphatic heterocycles. The van der Waals surface area contributed by atoms with Crippen LogP contribution in [0.2, 0.25) is 0 Å². The third kappa shape index (κ3) is 3.87. The van der Waals surface area contributed by atoms with E-state index in [0.29, 0.717) is 23.7 Å². The predicted molar refractivity (Wildman–Crippen MR) is 77.2 cm³/mol. The predicted octanol–water partition coefficient (Wildman–Crippen LogP) is 1.56. The van der Waals surface area contributed by atoms with Crippen molar-refractivity contribution in [3.8, 4) is 11.5 Å². The van der Waals surface area contributed by atoms with Gasteiger partial charge in [0.1, 0.15) is 0 Å². The van der Waals surface area contributed by atoms with Crippen LogP contribution in [-0.2, 0) is 0 Å². The van der Waals surface area contributed by atoms with Gasteiger partial charge in [-0.05, 0) is 56.5 Å². The molecule has 3 N–H and O–H groups in total. The van der Waals surface area contributed by atoms with Gasteiger partial charge in [0.15, 0.2) is 11.5 Å². The Bertz CT molecular complexity index is 456. The Hall–Kier alpha value is -1.75. The molecule has 0 atom stereocenters. The molecule has 0 spiro atoms. The molecule has 0 aliphatic carbocycles. The highest BCUT2D eigenvalue weighted by Crippen LogP contribution is 2.28. The largest absolute Gasteiger partial charge is 0.493 e. The standard InChI is InChI=1S/C15H22N2O3/c1-19-14-10-12(15(16)18)2-3-13(14)20-9-6-11-4-7-17-8-5-11/h2-3,10-11,17H,4-9H2,1H3,(H2,16,18). The number of hydrogen-bond acceptors (Lipinski definition) is 4. The molecule has 0 unspecified atom stereocenters. The van der Waals surface area contributed by atoms with E-state index < -0.39 is 5.91 Å². The smallest absolute Gasteiger partial charge is 0.248 e. The number of ether oxygens (including phenoxy) is 2. The summed E-state index contributed by atoms with van der Waals surface area (Å²) in [6.07, 6.45) is 3.46. The zero-order valence-electron chi connectivity index (χ0n) is 11.9. The Morgan fingerprint density at radius 1 is 1.35 bits per heavy atom. The summed E-state index contributed by atoms with van der Waals surface area (Å²) in [7, 11) is 1.56. The number of nitrogens with two attached hydrogens (primary N) is 1. The number of piperidine rings is 1. The second-order valence-corrected chi connectivity index (χ2v) is 5.06. The minimum atomic E-state index is -0.468. The summed E-state index contributed by atoms with van der Waals surface area (Å²) in [5.74, 6) is 1.47. The molecule has 1 fully saturated rings. The first-order valence-electron chi connectivity index (χ1n) is 7.02. The summed E-state index contributed by atoms with van der Waals surface area (Å²) < 4.78 is 11.0. The summed E-state index contributed by atoms with van der Waals surface area (Å²) in [5.41, 5.74) is 5.67. The second-order valence-electron chi connectivity index (χ2n) is 5.06. The molecule has 2 rings (SSSR count). The molecular formula is C15H22N2O3. The summed E-state index contributed by atoms with van der Waals surface area (Å²) in [5, 5.41) is 3.35. The zero-order valence-corrected chi connectivity index (χ0v) is 11.9. The Morgan fingerprint density at radius 3 is 2.75 bits per heavy atom. The topological polar surface area (TPSA) is 73.6 Å². The molecule has 1 amide bonds. The average Bonchev–Trinajstić information content (AvgIpc) is 2.48. The average molecular weight is 278 g/mol. The van der Waals surface area contributed by atoms with Gasteiger partial charge in [0.2, 0.25) is 5.91 Å². The van der Waals surface area contributed by atoms with Gasteiger partial charge in [0.25, 0.3) is 0 Å². The molecule has 0 saturated carbocycles. The summed E-state index contributed by atoms with van der Waals surface area (Å²) >= 11 is 0. The fourth-order valence-electron chi connectivity index (χ4n) is 2.45. The van der Waals surface area contributed by atoms with E-state index in [1.54, 1.807) is 25.3 Å². The van der Waals surface area contributed by atoms with Crippen molar-refractivity contribution in [3.63, 3.8) is 0 Å². The van der Waals surface area contributed by atoms with Crippen molar-refractivity contribution in [2.75, 3.05) is 26.8 Å². The van der Waals surface area contributed by atoms with E-state index in [1.807, 2.05) is 0 Å². The molecule has 0 bridgehead atoms. The van der Waals surface area contributed by atoms with Gasteiger partial charge in [-0.25, -0.2) is 0 Å². The number of primary amides is 1. The number of amides is 1. The molecular weight excluding hydrogens is 256 g/mol. The van der Waals surface area contributed by atoms with Crippen molar-refractivity contribution in [2.45, 2.75) is 19.3 Å². The lowest BCUT2D eigenvalue weighted by Gasteiger charge is -2.22.